The minimum absolute atomic E-state index is 0.776. The van der Waals surface area contributed by atoms with E-state index in [1.165, 1.54) is 11.1 Å². The first-order chi connectivity index (χ1) is 12.1. The number of imidazole rings is 1. The lowest BCUT2D eigenvalue weighted by Gasteiger charge is -2.12. The highest BCUT2D eigenvalue weighted by molar-refractivity contribution is 6.00. The van der Waals surface area contributed by atoms with Crippen molar-refractivity contribution in [2.24, 2.45) is 12.0 Å². The number of hydrogen-bond donors (Lipinski definition) is 0. The standard InChI is InChI=1S/C20H24N4O/c1-14-8-18-17(9-15(14)6-5-7-25-4)16(11-21-2)10-19(23-18)20-12-22-13-24(20)3/h8-13H,5-7H2,1-4H3. The fraction of sp³-hybridized carbons (Fsp3) is 0.350. The molecule has 0 amide bonds. The largest absolute Gasteiger partial charge is 0.385 e. The van der Waals surface area contributed by atoms with E-state index in [1.807, 2.05) is 24.0 Å². The monoisotopic (exact) mass is 336 g/mol. The summed E-state index contributed by atoms with van der Waals surface area (Å²) in [6.07, 6.45) is 7.55. The number of ether oxygens (including phenoxy) is 1. The van der Waals surface area contributed by atoms with Crippen LogP contribution in [0.25, 0.3) is 22.3 Å². The van der Waals surface area contributed by atoms with Gasteiger partial charge in [0.1, 0.15) is 0 Å². The number of methoxy groups -OCH3 is 1. The second-order valence-corrected chi connectivity index (χ2v) is 6.27. The molecule has 2 aromatic heterocycles. The fourth-order valence-electron chi connectivity index (χ4n) is 3.11. The lowest BCUT2D eigenvalue weighted by molar-refractivity contribution is 0.195. The number of fused-ring (bicyclic) bond motifs is 1. The van der Waals surface area contributed by atoms with Gasteiger partial charge in [-0.2, -0.15) is 0 Å². The average molecular weight is 336 g/mol. The van der Waals surface area contributed by atoms with Gasteiger partial charge in [-0.15, -0.1) is 0 Å². The van der Waals surface area contributed by atoms with Crippen molar-refractivity contribution >= 4 is 17.1 Å². The zero-order valence-electron chi connectivity index (χ0n) is 15.3. The first kappa shape index (κ1) is 17.3. The van der Waals surface area contributed by atoms with Crippen molar-refractivity contribution in [3.63, 3.8) is 0 Å². The molecule has 130 valence electrons. The van der Waals surface area contributed by atoms with E-state index in [4.69, 9.17) is 9.72 Å². The van der Waals surface area contributed by atoms with Crippen LogP contribution in [0.4, 0.5) is 0 Å². The van der Waals surface area contributed by atoms with Crippen LogP contribution in [0, 0.1) is 6.92 Å². The van der Waals surface area contributed by atoms with Crippen LogP contribution in [0.15, 0.2) is 35.7 Å². The number of benzene rings is 1. The van der Waals surface area contributed by atoms with Crippen molar-refractivity contribution in [3.8, 4) is 11.4 Å². The highest BCUT2D eigenvalue weighted by atomic mass is 16.5. The van der Waals surface area contributed by atoms with Crippen LogP contribution in [-0.4, -0.2) is 41.5 Å². The van der Waals surface area contributed by atoms with E-state index < -0.39 is 0 Å². The third kappa shape index (κ3) is 3.61. The van der Waals surface area contributed by atoms with Gasteiger partial charge in [0, 0.05) is 45.0 Å². The molecule has 0 radical (unpaired) electrons. The first-order valence-corrected chi connectivity index (χ1v) is 8.46. The van der Waals surface area contributed by atoms with Gasteiger partial charge in [-0.3, -0.25) is 4.99 Å². The minimum Gasteiger partial charge on any atom is -0.385 e. The summed E-state index contributed by atoms with van der Waals surface area (Å²) >= 11 is 0. The molecule has 5 heteroatoms. The minimum atomic E-state index is 0.776. The molecule has 0 fully saturated rings. The summed E-state index contributed by atoms with van der Waals surface area (Å²) in [5.41, 5.74) is 6.57. The summed E-state index contributed by atoms with van der Waals surface area (Å²) in [6, 6.07) is 6.50. The van der Waals surface area contributed by atoms with Gasteiger partial charge in [-0.25, -0.2) is 9.97 Å². The summed E-state index contributed by atoms with van der Waals surface area (Å²) in [5.74, 6) is 0. The van der Waals surface area contributed by atoms with Crippen LogP contribution in [-0.2, 0) is 18.2 Å². The highest BCUT2D eigenvalue weighted by Crippen LogP contribution is 2.26. The van der Waals surface area contributed by atoms with E-state index in [0.717, 1.165) is 47.3 Å². The Morgan fingerprint density at radius 2 is 2.12 bits per heavy atom. The van der Waals surface area contributed by atoms with E-state index in [-0.39, 0.29) is 0 Å². The first-order valence-electron chi connectivity index (χ1n) is 8.46. The third-order valence-electron chi connectivity index (χ3n) is 4.44. The van der Waals surface area contributed by atoms with Crippen molar-refractivity contribution in [2.45, 2.75) is 19.8 Å². The lowest BCUT2D eigenvalue weighted by Crippen LogP contribution is -1.99. The summed E-state index contributed by atoms with van der Waals surface area (Å²) in [5, 5.41) is 1.13. The van der Waals surface area contributed by atoms with Gasteiger partial charge < -0.3 is 9.30 Å². The average Bonchev–Trinajstić information content (AvgIpc) is 3.02. The third-order valence-corrected chi connectivity index (χ3v) is 4.44. The Kier molecular flexibility index (Phi) is 5.24. The number of rotatable bonds is 6. The molecule has 0 aliphatic rings. The normalized spacial score (nSPS) is 11.7. The molecule has 3 rings (SSSR count). The quantitative estimate of drug-likeness (QED) is 0.511. The van der Waals surface area contributed by atoms with E-state index >= 15 is 0 Å². The number of aryl methyl sites for hydroxylation is 3. The van der Waals surface area contributed by atoms with E-state index in [2.05, 4.69) is 35.1 Å². The molecule has 1 aromatic carbocycles. The van der Waals surface area contributed by atoms with Gasteiger partial charge in [0.2, 0.25) is 0 Å². The summed E-state index contributed by atoms with van der Waals surface area (Å²) in [6.45, 7) is 2.92. The second-order valence-electron chi connectivity index (χ2n) is 6.27. The van der Waals surface area contributed by atoms with E-state index in [1.54, 1.807) is 20.5 Å². The lowest BCUT2D eigenvalue weighted by atomic mass is 9.98. The number of aliphatic imine (C=N–C) groups is 1. The van der Waals surface area contributed by atoms with Crippen molar-refractivity contribution in [2.75, 3.05) is 20.8 Å². The molecule has 0 saturated heterocycles. The smallest absolute Gasteiger partial charge is 0.0948 e. The van der Waals surface area contributed by atoms with Crippen LogP contribution in [0.5, 0.6) is 0 Å². The van der Waals surface area contributed by atoms with Crippen molar-refractivity contribution < 1.29 is 4.74 Å². The highest BCUT2D eigenvalue weighted by Gasteiger charge is 2.11. The Morgan fingerprint density at radius 3 is 2.80 bits per heavy atom. The Labute approximate surface area is 148 Å². The second kappa shape index (κ2) is 7.57. The molecule has 2 heterocycles. The van der Waals surface area contributed by atoms with Crippen LogP contribution >= 0.6 is 0 Å². The predicted octanol–water partition coefficient (Wildman–Crippen LogP) is 3.57. The molecule has 3 aromatic rings. The molecule has 0 unspecified atom stereocenters. The molecular weight excluding hydrogens is 312 g/mol. The summed E-state index contributed by atoms with van der Waals surface area (Å²) in [7, 11) is 5.52. The fourth-order valence-corrected chi connectivity index (χ4v) is 3.11. The number of hydrogen-bond acceptors (Lipinski definition) is 4. The summed E-state index contributed by atoms with van der Waals surface area (Å²) in [4.78, 5) is 13.3. The van der Waals surface area contributed by atoms with Gasteiger partial charge in [0.05, 0.1) is 29.4 Å². The molecular formula is C20H24N4O. The maximum absolute atomic E-state index is 5.18. The number of nitrogens with zero attached hydrogens (tertiary/aromatic N) is 4. The van der Waals surface area contributed by atoms with Crippen molar-refractivity contribution in [1.29, 1.82) is 0 Å². The summed E-state index contributed by atoms with van der Waals surface area (Å²) < 4.78 is 7.16. The Morgan fingerprint density at radius 1 is 1.28 bits per heavy atom. The van der Waals surface area contributed by atoms with Crippen LogP contribution in [0.1, 0.15) is 23.1 Å². The molecule has 0 saturated carbocycles. The van der Waals surface area contributed by atoms with Crippen LogP contribution < -0.4 is 0 Å². The molecule has 0 bridgehead atoms. The Hall–Kier alpha value is -2.53. The molecule has 0 N–H and O–H groups in total. The Bertz CT molecular complexity index is 911. The molecule has 0 spiro atoms. The number of pyridine rings is 1. The molecule has 5 nitrogen and oxygen atoms in total. The number of aromatic nitrogens is 3. The van der Waals surface area contributed by atoms with E-state index in [0.29, 0.717) is 0 Å². The zero-order chi connectivity index (χ0) is 17.8. The topological polar surface area (TPSA) is 52.3 Å². The van der Waals surface area contributed by atoms with Gasteiger partial charge in [-0.05, 0) is 49.1 Å². The SMILES string of the molecule is CN=Cc1cc(-c2cncn2C)nc2cc(C)c(CCCOC)cc12. The molecule has 25 heavy (non-hydrogen) atoms. The van der Waals surface area contributed by atoms with Gasteiger partial charge in [0.25, 0.3) is 0 Å². The van der Waals surface area contributed by atoms with Gasteiger partial charge in [-0.1, -0.05) is 0 Å². The molecule has 0 aliphatic heterocycles. The predicted molar refractivity (Wildman–Crippen MR) is 102 cm³/mol. The van der Waals surface area contributed by atoms with Gasteiger partial charge >= 0.3 is 0 Å². The maximum atomic E-state index is 5.18. The maximum Gasteiger partial charge on any atom is 0.0948 e. The van der Waals surface area contributed by atoms with Gasteiger partial charge in [0.15, 0.2) is 0 Å². The molecule has 0 atom stereocenters. The van der Waals surface area contributed by atoms with Crippen LogP contribution in [0.2, 0.25) is 0 Å². The van der Waals surface area contributed by atoms with Crippen LogP contribution in [0.3, 0.4) is 0 Å². The van der Waals surface area contributed by atoms with Crippen molar-refractivity contribution in [1.82, 2.24) is 14.5 Å². The zero-order valence-corrected chi connectivity index (χ0v) is 15.3. The van der Waals surface area contributed by atoms with Crippen molar-refractivity contribution in [3.05, 3.63) is 47.4 Å². The van der Waals surface area contributed by atoms with E-state index in [9.17, 15) is 0 Å². The molecule has 0 aliphatic carbocycles. The Balaban J connectivity index is 2.13.